The summed E-state index contributed by atoms with van der Waals surface area (Å²) in [5, 5.41) is -1.00. The number of hydrogen-bond acceptors (Lipinski definition) is 4. The minimum absolute atomic E-state index is 0.263. The third-order valence-corrected chi connectivity index (χ3v) is 2.30. The molecule has 2 atom stereocenters. The van der Waals surface area contributed by atoms with E-state index in [0.29, 0.717) is 6.42 Å². The lowest BCUT2D eigenvalue weighted by Crippen LogP contribution is -2.27. The molecule has 0 radical (unpaired) electrons. The van der Waals surface area contributed by atoms with Crippen LogP contribution in [0.25, 0.3) is 0 Å². The van der Waals surface area contributed by atoms with Gasteiger partial charge in [-0.25, -0.2) is 0 Å². The van der Waals surface area contributed by atoms with Gasteiger partial charge in [0.1, 0.15) is 5.25 Å². The normalized spacial score (nSPS) is 15.2. The molecule has 72 valence electrons. The van der Waals surface area contributed by atoms with Crippen LogP contribution in [0.4, 0.5) is 0 Å². The molecule has 0 N–H and O–H groups in total. The summed E-state index contributed by atoms with van der Waals surface area (Å²) in [4.78, 5) is 11.0. The SMILES string of the molecule is CCCOC(=O)C(CC)S(=O)[O-]. The Labute approximate surface area is 74.6 Å². The zero-order valence-corrected chi connectivity index (χ0v) is 8.06. The summed E-state index contributed by atoms with van der Waals surface area (Å²) in [6.07, 6.45) is 0.965. The summed E-state index contributed by atoms with van der Waals surface area (Å²) in [5.41, 5.74) is 0. The van der Waals surface area contributed by atoms with E-state index >= 15 is 0 Å². The monoisotopic (exact) mass is 193 g/mol. The third kappa shape index (κ3) is 3.82. The van der Waals surface area contributed by atoms with Crippen LogP contribution < -0.4 is 0 Å². The molecular formula is C7H13O4S-. The molecule has 0 saturated heterocycles. The molecule has 0 spiro atoms. The average Bonchev–Trinajstić information content (AvgIpc) is 2.01. The van der Waals surface area contributed by atoms with Crippen molar-refractivity contribution in [2.45, 2.75) is 31.9 Å². The summed E-state index contributed by atoms with van der Waals surface area (Å²) in [6, 6.07) is 0. The first kappa shape index (κ1) is 11.6. The minimum Gasteiger partial charge on any atom is -0.772 e. The molecule has 0 aromatic heterocycles. The predicted molar refractivity (Wildman–Crippen MR) is 44.2 cm³/mol. The van der Waals surface area contributed by atoms with Crippen molar-refractivity contribution in [3.8, 4) is 0 Å². The molecule has 0 saturated carbocycles. The van der Waals surface area contributed by atoms with Gasteiger partial charge in [0.05, 0.1) is 6.61 Å². The maximum Gasteiger partial charge on any atom is 0.320 e. The van der Waals surface area contributed by atoms with Crippen molar-refractivity contribution in [2.75, 3.05) is 6.61 Å². The summed E-state index contributed by atoms with van der Waals surface area (Å²) >= 11 is -2.36. The van der Waals surface area contributed by atoms with Crippen molar-refractivity contribution in [1.82, 2.24) is 0 Å². The second-order valence-corrected chi connectivity index (χ2v) is 3.41. The van der Waals surface area contributed by atoms with Crippen LogP contribution >= 0.6 is 0 Å². The van der Waals surface area contributed by atoms with Crippen molar-refractivity contribution in [2.24, 2.45) is 0 Å². The van der Waals surface area contributed by atoms with Crippen molar-refractivity contribution in [3.05, 3.63) is 0 Å². The van der Waals surface area contributed by atoms with Crippen LogP contribution in [0.3, 0.4) is 0 Å². The lowest BCUT2D eigenvalue weighted by Gasteiger charge is -2.15. The smallest absolute Gasteiger partial charge is 0.320 e. The van der Waals surface area contributed by atoms with E-state index in [1.807, 2.05) is 6.92 Å². The first-order valence-corrected chi connectivity index (χ1v) is 5.02. The van der Waals surface area contributed by atoms with Crippen molar-refractivity contribution < 1.29 is 18.3 Å². The van der Waals surface area contributed by atoms with E-state index in [1.54, 1.807) is 6.92 Å². The number of ether oxygens (including phenoxy) is 1. The number of esters is 1. The van der Waals surface area contributed by atoms with Crippen LogP contribution in [0.15, 0.2) is 0 Å². The van der Waals surface area contributed by atoms with E-state index in [1.165, 1.54) is 0 Å². The van der Waals surface area contributed by atoms with E-state index < -0.39 is 22.3 Å². The average molecular weight is 193 g/mol. The van der Waals surface area contributed by atoms with E-state index in [-0.39, 0.29) is 13.0 Å². The van der Waals surface area contributed by atoms with Crippen LogP contribution in [0.1, 0.15) is 26.7 Å². The quantitative estimate of drug-likeness (QED) is 0.473. The molecule has 0 aromatic carbocycles. The summed E-state index contributed by atoms with van der Waals surface area (Å²) in [5.74, 6) is -0.646. The molecule has 0 aliphatic rings. The first-order valence-electron chi connectivity index (χ1n) is 3.88. The van der Waals surface area contributed by atoms with Gasteiger partial charge in [-0.2, -0.15) is 0 Å². The van der Waals surface area contributed by atoms with Gasteiger partial charge in [-0.15, -0.1) is 0 Å². The Hall–Kier alpha value is -0.420. The van der Waals surface area contributed by atoms with Crippen LogP contribution in [-0.2, 0) is 20.6 Å². The fraction of sp³-hybridized carbons (Fsp3) is 0.857. The van der Waals surface area contributed by atoms with Crippen molar-refractivity contribution in [1.29, 1.82) is 0 Å². The molecule has 0 fully saturated rings. The Morgan fingerprint density at radius 3 is 2.50 bits per heavy atom. The molecule has 0 amide bonds. The van der Waals surface area contributed by atoms with Gasteiger partial charge in [0, 0.05) is 0 Å². The van der Waals surface area contributed by atoms with Crippen molar-refractivity contribution >= 4 is 17.0 Å². The molecule has 0 bridgehead atoms. The number of rotatable bonds is 5. The molecule has 12 heavy (non-hydrogen) atoms. The number of carbonyl (C=O) groups excluding carboxylic acids is 1. The zero-order valence-electron chi connectivity index (χ0n) is 7.24. The Morgan fingerprint density at radius 2 is 2.17 bits per heavy atom. The van der Waals surface area contributed by atoms with Gasteiger partial charge in [0.2, 0.25) is 0 Å². The van der Waals surface area contributed by atoms with Gasteiger partial charge in [-0.05, 0) is 23.9 Å². The van der Waals surface area contributed by atoms with Gasteiger partial charge >= 0.3 is 5.97 Å². The second kappa shape index (κ2) is 6.14. The van der Waals surface area contributed by atoms with Crippen LogP contribution in [0.5, 0.6) is 0 Å². The van der Waals surface area contributed by atoms with E-state index in [0.717, 1.165) is 0 Å². The van der Waals surface area contributed by atoms with Gasteiger partial charge in [-0.1, -0.05) is 13.8 Å². The maximum atomic E-state index is 11.0. The topological polar surface area (TPSA) is 66.4 Å². The molecule has 0 aliphatic carbocycles. The highest BCUT2D eigenvalue weighted by Gasteiger charge is 2.17. The Kier molecular flexibility index (Phi) is 5.92. The Morgan fingerprint density at radius 1 is 1.58 bits per heavy atom. The predicted octanol–water partition coefficient (Wildman–Crippen LogP) is 0.597. The molecule has 4 nitrogen and oxygen atoms in total. The van der Waals surface area contributed by atoms with Gasteiger partial charge in [0.25, 0.3) is 0 Å². The fourth-order valence-electron chi connectivity index (χ4n) is 0.677. The highest BCUT2D eigenvalue weighted by molar-refractivity contribution is 7.80. The zero-order chi connectivity index (χ0) is 9.56. The lowest BCUT2D eigenvalue weighted by atomic mass is 10.3. The molecule has 2 unspecified atom stereocenters. The largest absolute Gasteiger partial charge is 0.772 e. The van der Waals surface area contributed by atoms with Crippen LogP contribution in [0, 0.1) is 0 Å². The standard InChI is InChI=1S/C7H14O4S/c1-3-5-11-7(8)6(4-2)12(9)10/h6H,3-5H2,1-2H3,(H,9,10)/p-1. The molecule has 0 rings (SSSR count). The highest BCUT2D eigenvalue weighted by Crippen LogP contribution is 2.02. The number of carbonyl (C=O) groups is 1. The van der Waals surface area contributed by atoms with Gasteiger partial charge < -0.3 is 9.29 Å². The van der Waals surface area contributed by atoms with Crippen LogP contribution in [0.2, 0.25) is 0 Å². The van der Waals surface area contributed by atoms with E-state index in [9.17, 15) is 13.6 Å². The summed E-state index contributed by atoms with van der Waals surface area (Å²) < 4.78 is 25.5. The van der Waals surface area contributed by atoms with Gasteiger partial charge in [0.15, 0.2) is 0 Å². The van der Waals surface area contributed by atoms with Crippen molar-refractivity contribution in [3.63, 3.8) is 0 Å². The Bertz CT molecular complexity index is 169. The minimum atomic E-state index is -2.36. The molecule has 0 aliphatic heterocycles. The highest BCUT2D eigenvalue weighted by atomic mass is 32.2. The molecular weight excluding hydrogens is 180 g/mol. The summed E-state index contributed by atoms with van der Waals surface area (Å²) in [7, 11) is 0. The van der Waals surface area contributed by atoms with Gasteiger partial charge in [-0.3, -0.25) is 9.00 Å². The van der Waals surface area contributed by atoms with E-state index in [2.05, 4.69) is 4.74 Å². The lowest BCUT2D eigenvalue weighted by molar-refractivity contribution is -0.143. The second-order valence-electron chi connectivity index (χ2n) is 2.32. The van der Waals surface area contributed by atoms with E-state index in [4.69, 9.17) is 0 Å². The molecule has 0 heterocycles. The fourth-order valence-corrected chi connectivity index (χ4v) is 1.17. The third-order valence-electron chi connectivity index (χ3n) is 1.31. The molecule has 0 aromatic rings. The Balaban J connectivity index is 3.95. The molecule has 5 heteroatoms. The number of hydrogen-bond donors (Lipinski definition) is 0. The van der Waals surface area contributed by atoms with Crippen LogP contribution in [-0.4, -0.2) is 26.6 Å². The first-order chi connectivity index (χ1) is 5.63. The summed E-state index contributed by atoms with van der Waals surface area (Å²) in [6.45, 7) is 3.77. The maximum absolute atomic E-state index is 11.0.